The molecule has 1 saturated carbocycles. The summed E-state index contributed by atoms with van der Waals surface area (Å²) in [6, 6.07) is 0. The van der Waals surface area contributed by atoms with E-state index in [-0.39, 0.29) is 17.4 Å². The molecule has 0 aromatic rings. The maximum atomic E-state index is 12.7. The SMILES string of the molecule is CC(C)=C[C@@H]1[C@H](C(=O)N2CCN(C[C@@H](C)O)CC2)C1(C)C. The number of carbonyl (C=O) groups excluding carboxylic acids is 1. The Morgan fingerprint density at radius 2 is 1.86 bits per heavy atom. The quantitative estimate of drug-likeness (QED) is 0.803. The summed E-state index contributed by atoms with van der Waals surface area (Å²) in [5, 5.41) is 9.44. The molecule has 2 fully saturated rings. The number of aliphatic hydroxyl groups is 1. The highest BCUT2D eigenvalue weighted by molar-refractivity contribution is 5.84. The Kier molecular flexibility index (Phi) is 4.79. The van der Waals surface area contributed by atoms with Crippen molar-refractivity contribution in [1.29, 1.82) is 0 Å². The van der Waals surface area contributed by atoms with Crippen LogP contribution in [0.5, 0.6) is 0 Å². The Morgan fingerprint density at radius 3 is 2.33 bits per heavy atom. The molecule has 1 heterocycles. The average Bonchev–Trinajstić information content (AvgIpc) is 2.89. The van der Waals surface area contributed by atoms with Gasteiger partial charge < -0.3 is 10.0 Å². The maximum absolute atomic E-state index is 12.7. The molecule has 1 aliphatic heterocycles. The molecule has 1 amide bonds. The van der Waals surface area contributed by atoms with E-state index in [1.54, 1.807) is 0 Å². The van der Waals surface area contributed by atoms with Crippen molar-refractivity contribution in [3.05, 3.63) is 11.6 Å². The number of aliphatic hydroxyl groups excluding tert-OH is 1. The number of β-amino-alcohol motifs (C(OH)–C–C–N with tert-alkyl or cyclic N) is 1. The van der Waals surface area contributed by atoms with Gasteiger partial charge in [-0.25, -0.2) is 0 Å². The fourth-order valence-electron chi connectivity index (χ4n) is 3.54. The van der Waals surface area contributed by atoms with Gasteiger partial charge in [-0.2, -0.15) is 0 Å². The predicted octanol–water partition coefficient (Wildman–Crippen LogP) is 1.75. The highest BCUT2D eigenvalue weighted by atomic mass is 16.3. The van der Waals surface area contributed by atoms with Crippen LogP contribution >= 0.6 is 0 Å². The van der Waals surface area contributed by atoms with Crippen molar-refractivity contribution in [3.8, 4) is 0 Å². The Balaban J connectivity index is 1.90. The molecule has 4 nitrogen and oxygen atoms in total. The summed E-state index contributed by atoms with van der Waals surface area (Å²) in [6.45, 7) is 14.4. The van der Waals surface area contributed by atoms with Gasteiger partial charge in [-0.1, -0.05) is 25.5 Å². The first kappa shape index (κ1) is 16.5. The van der Waals surface area contributed by atoms with Crippen molar-refractivity contribution >= 4 is 5.91 Å². The van der Waals surface area contributed by atoms with Crippen molar-refractivity contribution in [2.45, 2.75) is 40.7 Å². The number of allylic oxidation sites excluding steroid dienone is 2. The lowest BCUT2D eigenvalue weighted by molar-refractivity contribution is -0.135. The van der Waals surface area contributed by atoms with Crippen LogP contribution in [0.25, 0.3) is 0 Å². The third-order valence-electron chi connectivity index (χ3n) is 4.90. The zero-order valence-corrected chi connectivity index (χ0v) is 14.1. The van der Waals surface area contributed by atoms with Gasteiger partial charge in [-0.05, 0) is 32.1 Å². The second kappa shape index (κ2) is 6.09. The minimum absolute atomic E-state index is 0.102. The molecule has 0 radical (unpaired) electrons. The third-order valence-corrected chi connectivity index (χ3v) is 4.90. The third kappa shape index (κ3) is 3.67. The van der Waals surface area contributed by atoms with Crippen LogP contribution < -0.4 is 0 Å². The summed E-state index contributed by atoms with van der Waals surface area (Å²) in [5.74, 6) is 0.861. The molecule has 2 aliphatic rings. The van der Waals surface area contributed by atoms with Crippen LogP contribution in [0.4, 0.5) is 0 Å². The minimum Gasteiger partial charge on any atom is -0.392 e. The second-order valence-corrected chi connectivity index (χ2v) is 7.54. The highest BCUT2D eigenvalue weighted by Gasteiger charge is 2.61. The maximum Gasteiger partial charge on any atom is 0.226 e. The number of hydrogen-bond donors (Lipinski definition) is 1. The lowest BCUT2D eigenvalue weighted by Crippen LogP contribution is -2.50. The van der Waals surface area contributed by atoms with Crippen molar-refractivity contribution in [2.24, 2.45) is 17.3 Å². The summed E-state index contributed by atoms with van der Waals surface area (Å²) in [6.07, 6.45) is 1.96. The fraction of sp³-hybridized carbons (Fsp3) is 0.824. The molecule has 120 valence electrons. The van der Waals surface area contributed by atoms with E-state index in [9.17, 15) is 9.90 Å². The fourth-order valence-corrected chi connectivity index (χ4v) is 3.54. The van der Waals surface area contributed by atoms with E-state index >= 15 is 0 Å². The van der Waals surface area contributed by atoms with Gasteiger partial charge in [0.1, 0.15) is 0 Å². The van der Waals surface area contributed by atoms with Gasteiger partial charge in [-0.15, -0.1) is 0 Å². The van der Waals surface area contributed by atoms with Crippen molar-refractivity contribution in [1.82, 2.24) is 9.80 Å². The van der Waals surface area contributed by atoms with Crippen molar-refractivity contribution in [3.63, 3.8) is 0 Å². The minimum atomic E-state index is -0.295. The van der Waals surface area contributed by atoms with Crippen LogP contribution in [0.2, 0.25) is 0 Å². The van der Waals surface area contributed by atoms with Gasteiger partial charge in [0.2, 0.25) is 5.91 Å². The number of hydrogen-bond acceptors (Lipinski definition) is 3. The molecular formula is C17H30N2O2. The summed E-state index contributed by atoms with van der Waals surface area (Å²) < 4.78 is 0. The molecule has 0 aromatic heterocycles. The standard InChI is InChI=1S/C17H30N2O2/c1-12(2)10-14-15(17(14,4)5)16(21)19-8-6-18(7-9-19)11-13(3)20/h10,13-15,20H,6-9,11H2,1-5H3/t13-,14-,15-/m1/s1. The summed E-state index contributed by atoms with van der Waals surface area (Å²) in [5.41, 5.74) is 1.40. The Bertz CT molecular complexity index is 417. The number of rotatable bonds is 4. The van der Waals surface area contributed by atoms with Gasteiger partial charge in [0.05, 0.1) is 12.0 Å². The van der Waals surface area contributed by atoms with E-state index in [1.165, 1.54) is 5.57 Å². The molecule has 2 rings (SSSR count). The lowest BCUT2D eigenvalue weighted by atomic mass is 10.1. The van der Waals surface area contributed by atoms with Crippen LogP contribution in [0.1, 0.15) is 34.6 Å². The summed E-state index contributed by atoms with van der Waals surface area (Å²) in [7, 11) is 0. The largest absolute Gasteiger partial charge is 0.392 e. The predicted molar refractivity (Wildman–Crippen MR) is 84.9 cm³/mol. The van der Waals surface area contributed by atoms with Gasteiger partial charge in [0.15, 0.2) is 0 Å². The molecule has 1 N–H and O–H groups in total. The first-order valence-corrected chi connectivity index (χ1v) is 8.07. The highest BCUT2D eigenvalue weighted by Crippen LogP contribution is 2.60. The monoisotopic (exact) mass is 294 g/mol. The number of amides is 1. The smallest absolute Gasteiger partial charge is 0.226 e. The van der Waals surface area contributed by atoms with E-state index in [1.807, 2.05) is 11.8 Å². The Labute approximate surface area is 128 Å². The molecule has 0 aromatic carbocycles. The molecule has 0 spiro atoms. The zero-order chi connectivity index (χ0) is 15.8. The first-order chi connectivity index (χ1) is 9.73. The van der Waals surface area contributed by atoms with E-state index in [0.717, 1.165) is 26.2 Å². The molecule has 4 heteroatoms. The molecule has 1 aliphatic carbocycles. The number of carbonyl (C=O) groups is 1. The van der Waals surface area contributed by atoms with Crippen LogP contribution in [-0.2, 0) is 4.79 Å². The molecule has 0 unspecified atom stereocenters. The average molecular weight is 294 g/mol. The summed E-state index contributed by atoms with van der Waals surface area (Å²) >= 11 is 0. The van der Waals surface area contributed by atoms with E-state index in [2.05, 4.69) is 38.7 Å². The zero-order valence-electron chi connectivity index (χ0n) is 14.1. The second-order valence-electron chi connectivity index (χ2n) is 7.54. The summed E-state index contributed by atoms with van der Waals surface area (Å²) in [4.78, 5) is 17.0. The Morgan fingerprint density at radius 1 is 1.29 bits per heavy atom. The first-order valence-electron chi connectivity index (χ1n) is 8.07. The van der Waals surface area contributed by atoms with E-state index in [0.29, 0.717) is 18.4 Å². The van der Waals surface area contributed by atoms with Gasteiger partial charge in [0, 0.05) is 32.7 Å². The van der Waals surface area contributed by atoms with Crippen LogP contribution in [-0.4, -0.2) is 59.6 Å². The van der Waals surface area contributed by atoms with Gasteiger partial charge in [0.25, 0.3) is 0 Å². The number of nitrogens with zero attached hydrogens (tertiary/aromatic N) is 2. The molecule has 1 saturated heterocycles. The molecular weight excluding hydrogens is 264 g/mol. The van der Waals surface area contributed by atoms with Crippen LogP contribution in [0.3, 0.4) is 0 Å². The van der Waals surface area contributed by atoms with Gasteiger partial charge in [-0.3, -0.25) is 9.69 Å². The van der Waals surface area contributed by atoms with Gasteiger partial charge >= 0.3 is 0 Å². The topological polar surface area (TPSA) is 43.8 Å². The van der Waals surface area contributed by atoms with Crippen LogP contribution in [0, 0.1) is 17.3 Å². The molecule has 0 bridgehead atoms. The lowest BCUT2D eigenvalue weighted by Gasteiger charge is -2.35. The molecule has 21 heavy (non-hydrogen) atoms. The Hall–Kier alpha value is -0.870. The van der Waals surface area contributed by atoms with E-state index < -0.39 is 0 Å². The number of piperazine rings is 1. The van der Waals surface area contributed by atoms with Crippen LogP contribution in [0.15, 0.2) is 11.6 Å². The van der Waals surface area contributed by atoms with Crippen molar-refractivity contribution < 1.29 is 9.90 Å². The van der Waals surface area contributed by atoms with E-state index in [4.69, 9.17) is 0 Å². The normalized spacial score (nSPS) is 29.9. The van der Waals surface area contributed by atoms with Crippen molar-refractivity contribution in [2.75, 3.05) is 32.7 Å². The molecule has 3 atom stereocenters.